The maximum atomic E-state index is 9.43. The fraction of sp³-hybridized carbons (Fsp3) is 0.100. The van der Waals surface area contributed by atoms with Gasteiger partial charge in [-0.3, -0.25) is 0 Å². The van der Waals surface area contributed by atoms with Crippen molar-refractivity contribution < 1.29 is 5.11 Å². The van der Waals surface area contributed by atoms with Crippen LogP contribution in [0.4, 0.5) is 0 Å². The van der Waals surface area contributed by atoms with Gasteiger partial charge in [-0.25, -0.2) is 4.98 Å². The molecular weight excluding hydrogens is 283 g/mol. The summed E-state index contributed by atoms with van der Waals surface area (Å²) < 4.78 is 0. The fourth-order valence-electron chi connectivity index (χ4n) is 1.23. The summed E-state index contributed by atoms with van der Waals surface area (Å²) in [5.74, 6) is 0.246. The number of benzene rings is 1. The zero-order valence-corrected chi connectivity index (χ0v) is 6.78. The van der Waals surface area contributed by atoms with Crippen molar-refractivity contribution in [3.8, 4) is 5.75 Å². The van der Waals surface area contributed by atoms with E-state index in [9.17, 15) is 5.11 Å². The average molecular weight is 293 g/mol. The molecule has 0 bridgehead atoms. The third-order valence-electron chi connectivity index (χ3n) is 1.84. The van der Waals surface area contributed by atoms with E-state index in [4.69, 9.17) is 0 Å². The first-order valence-electron chi connectivity index (χ1n) is 3.83. The molecule has 2 nitrogen and oxygen atoms in total. The number of aromatic hydroxyl groups is 1. The normalized spacial score (nSPS) is 9.62. The number of aromatic nitrogens is 1. The Bertz CT molecular complexity index is 428. The number of fused-ring (bicyclic) bond motifs is 1. The van der Waals surface area contributed by atoms with Crippen LogP contribution in [0, 0.1) is 6.92 Å². The monoisotopic (exact) mass is 293 g/mol. The van der Waals surface area contributed by atoms with Gasteiger partial charge in [0.1, 0.15) is 11.3 Å². The van der Waals surface area contributed by atoms with Crippen molar-refractivity contribution in [2.75, 3.05) is 0 Å². The van der Waals surface area contributed by atoms with Crippen molar-refractivity contribution in [3.05, 3.63) is 36.0 Å². The van der Waals surface area contributed by atoms with Crippen LogP contribution < -0.4 is 0 Å². The van der Waals surface area contributed by atoms with E-state index in [-0.39, 0.29) is 74.6 Å². The molecule has 0 radical (unpaired) electrons. The Labute approximate surface area is 136 Å². The Kier molecular flexibility index (Phi) is 4.28. The molecule has 0 atom stereocenters. The van der Waals surface area contributed by atoms with Gasteiger partial charge in [0.05, 0.1) is 0 Å². The summed E-state index contributed by atoms with van der Waals surface area (Å²) in [6.07, 6.45) is 0. The summed E-state index contributed by atoms with van der Waals surface area (Å²) in [6, 6.07) is 9.28. The second-order valence-corrected chi connectivity index (χ2v) is 2.80. The predicted octanol–water partition coefficient (Wildman–Crippen LogP) is 1.60. The van der Waals surface area contributed by atoms with Gasteiger partial charge >= 0.3 is 68.9 Å². The second-order valence-electron chi connectivity index (χ2n) is 2.80. The standard InChI is InChI=1S/C10H9NO.Cs.H/c1-7-5-6-8-3-2-4-9(12)10(8)11-7;;/h2-6,12H,1H3;;. The molecule has 0 spiro atoms. The van der Waals surface area contributed by atoms with Crippen molar-refractivity contribution in [1.29, 1.82) is 0 Å². The molecule has 0 amide bonds. The average Bonchev–Trinajstić information content (AvgIpc) is 2.07. The van der Waals surface area contributed by atoms with Crippen LogP contribution in [0.1, 0.15) is 5.69 Å². The first-order valence-corrected chi connectivity index (χ1v) is 3.83. The first-order chi connectivity index (χ1) is 5.77. The van der Waals surface area contributed by atoms with Gasteiger partial charge in [0.15, 0.2) is 0 Å². The number of rotatable bonds is 0. The van der Waals surface area contributed by atoms with Gasteiger partial charge in [0, 0.05) is 11.1 Å². The van der Waals surface area contributed by atoms with Gasteiger partial charge in [0.2, 0.25) is 0 Å². The van der Waals surface area contributed by atoms with Crippen LogP contribution in [-0.2, 0) is 0 Å². The van der Waals surface area contributed by atoms with E-state index in [1.54, 1.807) is 6.07 Å². The molecule has 0 saturated carbocycles. The zero-order chi connectivity index (χ0) is 8.55. The van der Waals surface area contributed by atoms with Crippen LogP contribution in [0.15, 0.2) is 30.3 Å². The third-order valence-corrected chi connectivity index (χ3v) is 1.84. The van der Waals surface area contributed by atoms with Crippen LogP contribution in [-0.4, -0.2) is 79.0 Å². The van der Waals surface area contributed by atoms with Crippen molar-refractivity contribution in [2.45, 2.75) is 6.92 Å². The molecule has 2 rings (SSSR count). The molecule has 1 N–H and O–H groups in total. The number of phenolic OH excluding ortho intramolecular Hbond substituents is 1. The zero-order valence-electron chi connectivity index (χ0n) is 6.78. The fourth-order valence-corrected chi connectivity index (χ4v) is 1.23. The van der Waals surface area contributed by atoms with E-state index >= 15 is 0 Å². The van der Waals surface area contributed by atoms with Crippen molar-refractivity contribution in [2.24, 2.45) is 0 Å². The second kappa shape index (κ2) is 4.82. The summed E-state index contributed by atoms with van der Waals surface area (Å²) in [6.45, 7) is 1.91. The van der Waals surface area contributed by atoms with E-state index < -0.39 is 0 Å². The maximum absolute atomic E-state index is 9.43. The molecule has 0 fully saturated rings. The van der Waals surface area contributed by atoms with Crippen LogP contribution in [0.5, 0.6) is 5.75 Å². The Balaban J connectivity index is 0.000000845. The van der Waals surface area contributed by atoms with Crippen LogP contribution in [0.2, 0.25) is 0 Å². The summed E-state index contributed by atoms with van der Waals surface area (Å²) in [5, 5.41) is 10.4. The molecule has 13 heavy (non-hydrogen) atoms. The summed E-state index contributed by atoms with van der Waals surface area (Å²) in [5.41, 5.74) is 1.60. The molecule has 0 unspecified atom stereocenters. The van der Waals surface area contributed by atoms with E-state index in [1.807, 2.05) is 31.2 Å². The van der Waals surface area contributed by atoms with Gasteiger partial charge in [-0.15, -0.1) is 0 Å². The van der Waals surface area contributed by atoms with Crippen LogP contribution in [0.25, 0.3) is 10.9 Å². The summed E-state index contributed by atoms with van der Waals surface area (Å²) >= 11 is 0. The van der Waals surface area contributed by atoms with Gasteiger partial charge in [-0.05, 0) is 19.1 Å². The van der Waals surface area contributed by atoms with Crippen molar-refractivity contribution in [3.63, 3.8) is 0 Å². The molecule has 1 heterocycles. The Morgan fingerprint density at radius 3 is 2.69 bits per heavy atom. The van der Waals surface area contributed by atoms with E-state index in [2.05, 4.69) is 4.98 Å². The van der Waals surface area contributed by atoms with E-state index in [0.717, 1.165) is 11.1 Å². The molecule has 0 aliphatic carbocycles. The number of aryl methyl sites for hydroxylation is 1. The number of hydrogen-bond donors (Lipinski definition) is 1. The molecular formula is C10H10CsNO. The van der Waals surface area contributed by atoms with Gasteiger partial charge < -0.3 is 5.11 Å². The number of hydrogen-bond acceptors (Lipinski definition) is 2. The Morgan fingerprint density at radius 2 is 1.92 bits per heavy atom. The number of nitrogens with zero attached hydrogens (tertiary/aromatic N) is 1. The summed E-state index contributed by atoms with van der Waals surface area (Å²) in [4.78, 5) is 4.23. The first kappa shape index (κ1) is 11.6. The molecule has 1 aromatic heterocycles. The quantitative estimate of drug-likeness (QED) is 0.800. The topological polar surface area (TPSA) is 33.1 Å². The number of para-hydroxylation sites is 1. The Morgan fingerprint density at radius 1 is 1.15 bits per heavy atom. The number of phenols is 1. The SMILES string of the molecule is Cc1ccc2cccc(O)c2n1.[CsH]. The number of pyridine rings is 1. The molecule has 0 aliphatic heterocycles. The predicted molar refractivity (Wildman–Crippen MR) is 55.3 cm³/mol. The molecule has 1 aromatic carbocycles. The molecule has 0 aliphatic rings. The molecule has 2 aromatic rings. The minimum atomic E-state index is 0. The van der Waals surface area contributed by atoms with Crippen molar-refractivity contribution in [1.82, 2.24) is 4.98 Å². The van der Waals surface area contributed by atoms with Crippen LogP contribution in [0.3, 0.4) is 0 Å². The van der Waals surface area contributed by atoms with E-state index in [0.29, 0.717) is 5.52 Å². The molecule has 3 heteroatoms. The van der Waals surface area contributed by atoms with E-state index in [1.165, 1.54) is 0 Å². The van der Waals surface area contributed by atoms with Crippen LogP contribution >= 0.6 is 0 Å². The van der Waals surface area contributed by atoms with Gasteiger partial charge in [-0.2, -0.15) is 0 Å². The summed E-state index contributed by atoms with van der Waals surface area (Å²) in [7, 11) is 0. The van der Waals surface area contributed by atoms with Crippen molar-refractivity contribution >= 4 is 79.8 Å². The molecule has 0 saturated heterocycles. The third kappa shape index (κ3) is 2.49. The molecule has 62 valence electrons. The van der Waals surface area contributed by atoms with Gasteiger partial charge in [-0.1, -0.05) is 18.2 Å². The minimum absolute atomic E-state index is 0. The Hall–Kier alpha value is 0.482. The van der Waals surface area contributed by atoms with Gasteiger partial charge in [0.25, 0.3) is 0 Å².